The lowest BCUT2D eigenvalue weighted by Gasteiger charge is -2.37. The molecule has 2 atom stereocenters. The summed E-state index contributed by atoms with van der Waals surface area (Å²) in [7, 11) is 0. The van der Waals surface area contributed by atoms with Crippen molar-refractivity contribution in [2.75, 3.05) is 13.1 Å². The topological polar surface area (TPSA) is 29.5 Å². The lowest BCUT2D eigenvalue weighted by atomic mass is 9.87. The van der Waals surface area contributed by atoms with Gasteiger partial charge in [-0.1, -0.05) is 20.8 Å². The largest absolute Gasteiger partial charge is 0.444 e. The third kappa shape index (κ3) is 3.63. The molecule has 106 valence electrons. The number of rotatable bonds is 0. The Bertz CT molecular complexity index is 269. The molecule has 0 N–H and O–H groups in total. The van der Waals surface area contributed by atoms with Gasteiger partial charge in [0.15, 0.2) is 0 Å². The van der Waals surface area contributed by atoms with Gasteiger partial charge in [0.1, 0.15) is 5.60 Å². The van der Waals surface area contributed by atoms with Gasteiger partial charge in [0, 0.05) is 13.1 Å². The van der Waals surface area contributed by atoms with E-state index >= 15 is 0 Å². The van der Waals surface area contributed by atoms with Gasteiger partial charge in [-0.15, -0.1) is 0 Å². The Morgan fingerprint density at radius 3 is 1.94 bits per heavy atom. The fourth-order valence-corrected chi connectivity index (χ4v) is 2.97. The summed E-state index contributed by atoms with van der Waals surface area (Å²) >= 11 is 0. The summed E-state index contributed by atoms with van der Waals surface area (Å²) in [6, 6.07) is 0. The molecular formula is C15H29NO2. The van der Waals surface area contributed by atoms with Crippen LogP contribution >= 0.6 is 0 Å². The molecule has 1 saturated carbocycles. The Hall–Kier alpha value is -0.730. The predicted molar refractivity (Wildman–Crippen MR) is 74.5 cm³/mol. The number of hydrogen-bond donors (Lipinski definition) is 0. The van der Waals surface area contributed by atoms with Crippen molar-refractivity contribution in [3.63, 3.8) is 0 Å². The first-order chi connectivity index (χ1) is 8.37. The number of likely N-dealkylation sites (tertiary alicyclic amines) is 1. The van der Waals surface area contributed by atoms with Crippen LogP contribution < -0.4 is 0 Å². The number of nitrogens with zero attached hydrogens (tertiary/aromatic N) is 1. The maximum atomic E-state index is 11.9. The zero-order valence-corrected chi connectivity index (χ0v) is 12.8. The summed E-state index contributed by atoms with van der Waals surface area (Å²) in [5, 5.41) is 0. The predicted octanol–water partition coefficient (Wildman–Crippen LogP) is 3.93. The molecule has 0 spiro atoms. The average Bonchev–Trinajstić information content (AvgIpc) is 2.53. The highest BCUT2D eigenvalue weighted by molar-refractivity contribution is 5.68. The summed E-state index contributed by atoms with van der Waals surface area (Å²) in [6.07, 6.45) is 2.44. The fraction of sp³-hybridized carbons (Fsp3) is 0.933. The van der Waals surface area contributed by atoms with Gasteiger partial charge in [-0.2, -0.15) is 0 Å². The Labute approximate surface area is 112 Å². The monoisotopic (exact) mass is 255 g/mol. The molecule has 2 bridgehead atoms. The minimum Gasteiger partial charge on any atom is -0.444 e. The van der Waals surface area contributed by atoms with Gasteiger partial charge in [-0.05, 0) is 51.4 Å². The zero-order chi connectivity index (χ0) is 13.9. The van der Waals surface area contributed by atoms with E-state index in [0.717, 1.165) is 19.0 Å². The molecule has 18 heavy (non-hydrogen) atoms. The van der Waals surface area contributed by atoms with Gasteiger partial charge >= 0.3 is 6.09 Å². The molecule has 2 rings (SSSR count). The van der Waals surface area contributed by atoms with Crippen molar-refractivity contribution in [1.29, 1.82) is 0 Å². The number of hydrogen-bond acceptors (Lipinski definition) is 2. The maximum absolute atomic E-state index is 11.9. The Kier molecular flexibility index (Phi) is 5.06. The van der Waals surface area contributed by atoms with Gasteiger partial charge < -0.3 is 9.64 Å². The SMILES string of the molecule is CC.CC1C2CCC1CN(C(=O)OC(C)(C)C)C2. The summed E-state index contributed by atoms with van der Waals surface area (Å²) < 4.78 is 5.42. The number of carbonyl (C=O) groups excluding carboxylic acids is 1. The maximum Gasteiger partial charge on any atom is 0.410 e. The van der Waals surface area contributed by atoms with E-state index in [4.69, 9.17) is 4.74 Å². The highest BCUT2D eigenvalue weighted by atomic mass is 16.6. The highest BCUT2D eigenvalue weighted by Crippen LogP contribution is 2.41. The average molecular weight is 255 g/mol. The molecule has 1 aliphatic heterocycles. The van der Waals surface area contributed by atoms with Gasteiger partial charge in [-0.25, -0.2) is 4.79 Å². The van der Waals surface area contributed by atoms with Crippen molar-refractivity contribution in [2.45, 2.75) is 60.0 Å². The van der Waals surface area contributed by atoms with Crippen LogP contribution in [0.4, 0.5) is 4.79 Å². The van der Waals surface area contributed by atoms with E-state index in [1.165, 1.54) is 12.8 Å². The second-order valence-electron chi connectivity index (χ2n) is 6.34. The van der Waals surface area contributed by atoms with Gasteiger partial charge in [0.05, 0.1) is 0 Å². The molecule has 2 unspecified atom stereocenters. The molecular weight excluding hydrogens is 226 g/mol. The first-order valence-electron chi connectivity index (χ1n) is 7.35. The van der Waals surface area contributed by atoms with Crippen LogP contribution in [0.25, 0.3) is 0 Å². The van der Waals surface area contributed by atoms with Crippen LogP contribution in [0.15, 0.2) is 0 Å². The van der Waals surface area contributed by atoms with E-state index in [9.17, 15) is 4.79 Å². The van der Waals surface area contributed by atoms with Gasteiger partial charge in [-0.3, -0.25) is 0 Å². The summed E-state index contributed by atoms with van der Waals surface area (Å²) in [5.41, 5.74) is -0.376. The van der Waals surface area contributed by atoms with E-state index in [0.29, 0.717) is 11.8 Å². The summed E-state index contributed by atoms with van der Waals surface area (Å²) in [5.74, 6) is 2.19. The molecule has 2 aliphatic rings. The van der Waals surface area contributed by atoms with Gasteiger partial charge in [0.2, 0.25) is 0 Å². The van der Waals surface area contributed by atoms with Crippen molar-refractivity contribution in [3.8, 4) is 0 Å². The van der Waals surface area contributed by atoms with E-state index in [2.05, 4.69) is 6.92 Å². The first-order valence-corrected chi connectivity index (χ1v) is 7.35. The van der Waals surface area contributed by atoms with Crippen molar-refractivity contribution in [1.82, 2.24) is 4.90 Å². The molecule has 1 heterocycles. The standard InChI is InChI=1S/C13H23NO2.C2H6/c1-9-10-5-6-11(9)8-14(7-10)12(15)16-13(2,3)4;1-2/h9-11H,5-8H2,1-4H3;1-2H3. The molecule has 3 heteroatoms. The van der Waals surface area contributed by atoms with Crippen LogP contribution in [0.5, 0.6) is 0 Å². The molecule has 0 aromatic rings. The lowest BCUT2D eigenvalue weighted by Crippen LogP contribution is -2.46. The number of amides is 1. The molecule has 0 radical (unpaired) electrons. The normalized spacial score (nSPS) is 30.6. The number of carbonyl (C=O) groups is 1. The quantitative estimate of drug-likeness (QED) is 0.656. The van der Waals surface area contributed by atoms with Crippen molar-refractivity contribution < 1.29 is 9.53 Å². The van der Waals surface area contributed by atoms with E-state index in [-0.39, 0.29) is 11.7 Å². The smallest absolute Gasteiger partial charge is 0.410 e. The third-order valence-corrected chi connectivity index (χ3v) is 3.96. The van der Waals surface area contributed by atoms with E-state index in [1.807, 2.05) is 39.5 Å². The first kappa shape index (κ1) is 15.3. The Morgan fingerprint density at radius 1 is 1.11 bits per heavy atom. The van der Waals surface area contributed by atoms with Crippen LogP contribution in [0.1, 0.15) is 54.4 Å². The van der Waals surface area contributed by atoms with E-state index < -0.39 is 0 Å². The van der Waals surface area contributed by atoms with Crippen LogP contribution in [-0.2, 0) is 4.74 Å². The molecule has 1 amide bonds. The van der Waals surface area contributed by atoms with E-state index in [1.54, 1.807) is 0 Å². The molecule has 3 nitrogen and oxygen atoms in total. The molecule has 2 fully saturated rings. The molecule has 1 aliphatic carbocycles. The van der Waals surface area contributed by atoms with Crippen molar-refractivity contribution >= 4 is 6.09 Å². The molecule has 1 saturated heterocycles. The zero-order valence-electron chi connectivity index (χ0n) is 12.8. The van der Waals surface area contributed by atoms with Crippen LogP contribution in [0.3, 0.4) is 0 Å². The van der Waals surface area contributed by atoms with Gasteiger partial charge in [0.25, 0.3) is 0 Å². The third-order valence-electron chi connectivity index (χ3n) is 3.96. The van der Waals surface area contributed by atoms with Crippen LogP contribution in [-0.4, -0.2) is 29.7 Å². The second kappa shape index (κ2) is 5.94. The second-order valence-corrected chi connectivity index (χ2v) is 6.34. The number of ether oxygens (including phenoxy) is 1. The Balaban J connectivity index is 0.000000771. The van der Waals surface area contributed by atoms with Crippen molar-refractivity contribution in [3.05, 3.63) is 0 Å². The molecule has 0 aromatic heterocycles. The highest BCUT2D eigenvalue weighted by Gasteiger charge is 2.41. The lowest BCUT2D eigenvalue weighted by molar-refractivity contribution is 0.00940. The van der Waals surface area contributed by atoms with Crippen LogP contribution in [0.2, 0.25) is 0 Å². The molecule has 0 aromatic carbocycles. The summed E-state index contributed by atoms with van der Waals surface area (Å²) in [6.45, 7) is 13.9. The fourth-order valence-electron chi connectivity index (χ4n) is 2.97. The van der Waals surface area contributed by atoms with Crippen molar-refractivity contribution in [2.24, 2.45) is 17.8 Å². The Morgan fingerprint density at radius 2 is 1.56 bits per heavy atom. The number of fused-ring (bicyclic) bond motifs is 2. The minimum absolute atomic E-state index is 0.128. The number of piperidine rings is 1. The van der Waals surface area contributed by atoms with Crippen LogP contribution in [0, 0.1) is 17.8 Å². The minimum atomic E-state index is -0.376. The summed E-state index contributed by atoms with van der Waals surface area (Å²) in [4.78, 5) is 13.9.